The van der Waals surface area contributed by atoms with Gasteiger partial charge >= 0.3 is 0 Å². The molecule has 0 saturated heterocycles. The molecule has 0 fully saturated rings. The highest BCUT2D eigenvalue weighted by Crippen LogP contribution is 2.20. The molecule has 0 spiro atoms. The number of nitrogens with zero attached hydrogens (tertiary/aromatic N) is 3. The molecule has 0 unspecified atom stereocenters. The molecular formula is C15H16N4O. The van der Waals surface area contributed by atoms with Crippen LogP contribution in [-0.2, 0) is 0 Å². The number of hydrogen-bond donors (Lipinski definition) is 1. The molecule has 0 radical (unpaired) electrons. The smallest absolute Gasteiger partial charge is 0.142 e. The van der Waals surface area contributed by atoms with Gasteiger partial charge in [-0.15, -0.1) is 0 Å². The van der Waals surface area contributed by atoms with E-state index in [2.05, 4.69) is 19.9 Å². The summed E-state index contributed by atoms with van der Waals surface area (Å²) >= 11 is 0. The molecule has 1 aromatic carbocycles. The lowest BCUT2D eigenvalue weighted by molar-refractivity contribution is 0.326. The summed E-state index contributed by atoms with van der Waals surface area (Å²) in [6.45, 7) is 1.36. The van der Waals surface area contributed by atoms with Crippen LogP contribution in [0.1, 0.15) is 0 Å². The summed E-state index contributed by atoms with van der Waals surface area (Å²) in [5, 5.41) is 1.02. The fourth-order valence-corrected chi connectivity index (χ4v) is 2.09. The van der Waals surface area contributed by atoms with Gasteiger partial charge in [0, 0.05) is 13.2 Å². The summed E-state index contributed by atoms with van der Waals surface area (Å²) in [6.07, 6.45) is 3.44. The van der Waals surface area contributed by atoms with E-state index in [4.69, 9.17) is 4.74 Å². The van der Waals surface area contributed by atoms with Gasteiger partial charge < -0.3 is 14.6 Å². The summed E-state index contributed by atoms with van der Waals surface area (Å²) in [5.41, 5.74) is 0.853. The van der Waals surface area contributed by atoms with Gasteiger partial charge in [-0.1, -0.05) is 18.2 Å². The minimum absolute atomic E-state index is 0.608. The number of H-pyrrole nitrogens is 1. The van der Waals surface area contributed by atoms with Crippen LogP contribution in [0.15, 0.2) is 48.9 Å². The van der Waals surface area contributed by atoms with Gasteiger partial charge in [0.25, 0.3) is 0 Å². The Labute approximate surface area is 117 Å². The number of aromatic nitrogens is 3. The van der Waals surface area contributed by atoms with Crippen molar-refractivity contribution < 1.29 is 4.74 Å². The van der Waals surface area contributed by atoms with Crippen LogP contribution < -0.4 is 9.64 Å². The van der Waals surface area contributed by atoms with Crippen LogP contribution in [0, 0.1) is 0 Å². The molecule has 102 valence electrons. The second-order valence-electron chi connectivity index (χ2n) is 4.52. The largest absolute Gasteiger partial charge is 0.492 e. The van der Waals surface area contributed by atoms with Crippen molar-refractivity contribution in [2.24, 2.45) is 0 Å². The molecule has 3 rings (SSSR count). The van der Waals surface area contributed by atoms with Gasteiger partial charge in [-0.25, -0.2) is 9.97 Å². The molecule has 5 heteroatoms. The lowest BCUT2D eigenvalue weighted by atomic mass is 10.3. The van der Waals surface area contributed by atoms with Crippen LogP contribution in [0.5, 0.6) is 5.75 Å². The van der Waals surface area contributed by atoms with Crippen LogP contribution in [0.25, 0.3) is 11.0 Å². The van der Waals surface area contributed by atoms with E-state index in [0.717, 1.165) is 29.1 Å². The fraction of sp³-hybridized carbons (Fsp3) is 0.200. The Morgan fingerprint density at radius 1 is 1.15 bits per heavy atom. The molecule has 2 aromatic heterocycles. The van der Waals surface area contributed by atoms with E-state index in [9.17, 15) is 0 Å². The van der Waals surface area contributed by atoms with Gasteiger partial charge in [-0.3, -0.25) is 0 Å². The first-order chi connectivity index (χ1) is 9.84. The molecule has 0 bridgehead atoms. The number of anilines is 1. The average molecular weight is 268 g/mol. The standard InChI is InChI=1S/C15H16N4O/c1-19(9-10-20-12-5-3-2-4-6-12)15-13-7-8-16-14(13)17-11-18-15/h2-8,11H,9-10H2,1H3,(H,16,17,18). The quantitative estimate of drug-likeness (QED) is 0.772. The number of fused-ring (bicyclic) bond motifs is 1. The number of nitrogens with one attached hydrogen (secondary N) is 1. The Morgan fingerprint density at radius 2 is 2.00 bits per heavy atom. The van der Waals surface area contributed by atoms with Crippen molar-refractivity contribution in [3.8, 4) is 5.75 Å². The van der Waals surface area contributed by atoms with Crippen LogP contribution >= 0.6 is 0 Å². The Bertz CT molecular complexity index is 680. The van der Waals surface area contributed by atoms with Crippen LogP contribution in [0.4, 0.5) is 5.82 Å². The van der Waals surface area contributed by atoms with E-state index >= 15 is 0 Å². The molecule has 0 saturated carbocycles. The number of rotatable bonds is 5. The summed E-state index contributed by atoms with van der Waals surface area (Å²) in [6, 6.07) is 11.8. The molecule has 5 nitrogen and oxygen atoms in total. The maximum atomic E-state index is 5.70. The van der Waals surface area contributed by atoms with Crippen molar-refractivity contribution in [3.63, 3.8) is 0 Å². The number of aromatic amines is 1. The molecule has 1 N–H and O–H groups in total. The highest BCUT2D eigenvalue weighted by Gasteiger charge is 2.08. The Morgan fingerprint density at radius 3 is 2.85 bits per heavy atom. The number of benzene rings is 1. The zero-order valence-corrected chi connectivity index (χ0v) is 11.3. The first kappa shape index (κ1) is 12.5. The Balaban J connectivity index is 1.64. The summed E-state index contributed by atoms with van der Waals surface area (Å²) in [7, 11) is 2.00. The monoisotopic (exact) mass is 268 g/mol. The van der Waals surface area contributed by atoms with Crippen LogP contribution in [0.2, 0.25) is 0 Å². The van der Waals surface area contributed by atoms with Gasteiger partial charge in [-0.05, 0) is 18.2 Å². The SMILES string of the molecule is CN(CCOc1ccccc1)c1ncnc2[nH]ccc12. The highest BCUT2D eigenvalue weighted by atomic mass is 16.5. The number of likely N-dealkylation sites (N-methyl/N-ethyl adjacent to an activating group) is 1. The van der Waals surface area contributed by atoms with Gasteiger partial charge in [0.2, 0.25) is 0 Å². The van der Waals surface area contributed by atoms with Crippen molar-refractivity contribution in [2.45, 2.75) is 0 Å². The minimum Gasteiger partial charge on any atom is -0.492 e. The molecule has 3 aromatic rings. The zero-order chi connectivity index (χ0) is 13.8. The number of ether oxygens (including phenoxy) is 1. The first-order valence-corrected chi connectivity index (χ1v) is 6.51. The lowest BCUT2D eigenvalue weighted by Gasteiger charge is -2.18. The maximum Gasteiger partial charge on any atom is 0.142 e. The van der Waals surface area contributed by atoms with Crippen molar-refractivity contribution in [1.29, 1.82) is 0 Å². The molecule has 0 aliphatic heterocycles. The second kappa shape index (κ2) is 5.61. The van der Waals surface area contributed by atoms with Gasteiger partial charge in [0.15, 0.2) is 0 Å². The molecule has 0 aliphatic rings. The number of para-hydroxylation sites is 1. The third-order valence-corrected chi connectivity index (χ3v) is 3.13. The predicted molar refractivity (Wildman–Crippen MR) is 79.1 cm³/mol. The summed E-state index contributed by atoms with van der Waals surface area (Å²) < 4.78 is 5.70. The molecule has 0 atom stereocenters. The van der Waals surface area contributed by atoms with E-state index in [-0.39, 0.29) is 0 Å². The lowest BCUT2D eigenvalue weighted by Crippen LogP contribution is -2.24. The third-order valence-electron chi connectivity index (χ3n) is 3.13. The van der Waals surface area contributed by atoms with Crippen molar-refractivity contribution in [1.82, 2.24) is 15.0 Å². The molecular weight excluding hydrogens is 252 g/mol. The maximum absolute atomic E-state index is 5.70. The average Bonchev–Trinajstić information content (AvgIpc) is 2.96. The summed E-state index contributed by atoms with van der Waals surface area (Å²) in [4.78, 5) is 13.7. The Hall–Kier alpha value is -2.56. The van der Waals surface area contributed by atoms with Crippen LogP contribution in [-0.4, -0.2) is 35.2 Å². The summed E-state index contributed by atoms with van der Waals surface area (Å²) in [5.74, 6) is 1.79. The van der Waals surface area contributed by atoms with E-state index in [1.807, 2.05) is 49.6 Å². The van der Waals surface area contributed by atoms with Gasteiger partial charge in [-0.2, -0.15) is 0 Å². The van der Waals surface area contributed by atoms with Gasteiger partial charge in [0.1, 0.15) is 30.1 Å². The van der Waals surface area contributed by atoms with Crippen molar-refractivity contribution in [2.75, 3.05) is 25.1 Å². The fourth-order valence-electron chi connectivity index (χ4n) is 2.09. The van der Waals surface area contributed by atoms with E-state index < -0.39 is 0 Å². The topological polar surface area (TPSA) is 54.0 Å². The normalized spacial score (nSPS) is 10.7. The van der Waals surface area contributed by atoms with E-state index in [1.165, 1.54) is 0 Å². The minimum atomic E-state index is 0.608. The van der Waals surface area contributed by atoms with Gasteiger partial charge in [0.05, 0.1) is 11.9 Å². The second-order valence-corrected chi connectivity index (χ2v) is 4.52. The molecule has 20 heavy (non-hydrogen) atoms. The zero-order valence-electron chi connectivity index (χ0n) is 11.3. The molecule has 2 heterocycles. The first-order valence-electron chi connectivity index (χ1n) is 6.51. The number of hydrogen-bond acceptors (Lipinski definition) is 4. The van der Waals surface area contributed by atoms with Crippen molar-refractivity contribution in [3.05, 3.63) is 48.9 Å². The predicted octanol–water partition coefficient (Wildman–Crippen LogP) is 2.47. The third kappa shape index (κ3) is 2.56. The molecule has 0 aliphatic carbocycles. The van der Waals surface area contributed by atoms with E-state index in [0.29, 0.717) is 6.61 Å². The van der Waals surface area contributed by atoms with E-state index in [1.54, 1.807) is 6.33 Å². The van der Waals surface area contributed by atoms with Crippen LogP contribution in [0.3, 0.4) is 0 Å². The van der Waals surface area contributed by atoms with Crippen molar-refractivity contribution >= 4 is 16.9 Å². The highest BCUT2D eigenvalue weighted by molar-refractivity contribution is 5.87. The molecule has 0 amide bonds. The Kier molecular flexibility index (Phi) is 3.50.